The molecule has 1 aromatic carbocycles. The third-order valence-corrected chi connectivity index (χ3v) is 4.48. The van der Waals surface area contributed by atoms with E-state index in [1.54, 1.807) is 18.4 Å². The van der Waals surface area contributed by atoms with Gasteiger partial charge in [-0.2, -0.15) is 0 Å². The lowest BCUT2D eigenvalue weighted by Gasteiger charge is -2.17. The topological polar surface area (TPSA) is 21.3 Å². The van der Waals surface area contributed by atoms with Crippen molar-refractivity contribution in [1.29, 1.82) is 0 Å². The van der Waals surface area contributed by atoms with Crippen molar-refractivity contribution in [3.63, 3.8) is 0 Å². The maximum absolute atomic E-state index is 5.30. The minimum atomic E-state index is 0.220. The van der Waals surface area contributed by atoms with Crippen LogP contribution in [0.5, 0.6) is 5.75 Å². The Bertz CT molecular complexity index is 538. The van der Waals surface area contributed by atoms with E-state index >= 15 is 0 Å². The quantitative estimate of drug-likeness (QED) is 0.912. The molecule has 2 nitrogen and oxygen atoms in total. The second-order valence-electron chi connectivity index (χ2n) is 4.13. The first-order chi connectivity index (χ1) is 8.65. The maximum Gasteiger partial charge on any atom is 0.121 e. The molecule has 1 N–H and O–H groups in total. The third-order valence-electron chi connectivity index (χ3n) is 2.96. The van der Waals surface area contributed by atoms with E-state index < -0.39 is 0 Å². The van der Waals surface area contributed by atoms with E-state index in [9.17, 15) is 0 Å². The molecule has 0 saturated carbocycles. The summed E-state index contributed by atoms with van der Waals surface area (Å²) in [5.74, 6) is 0.931. The smallest absolute Gasteiger partial charge is 0.121 e. The molecule has 0 amide bonds. The fourth-order valence-electron chi connectivity index (χ4n) is 2.08. The summed E-state index contributed by atoms with van der Waals surface area (Å²) in [5, 5.41) is 5.53. The summed E-state index contributed by atoms with van der Waals surface area (Å²) in [6.45, 7) is 2.07. The van der Waals surface area contributed by atoms with Gasteiger partial charge in [-0.05, 0) is 64.1 Å². The van der Waals surface area contributed by atoms with E-state index in [4.69, 9.17) is 4.74 Å². The highest BCUT2D eigenvalue weighted by Crippen LogP contribution is 2.31. The molecule has 0 fully saturated rings. The first-order valence-corrected chi connectivity index (χ1v) is 7.38. The van der Waals surface area contributed by atoms with Crippen LogP contribution < -0.4 is 10.1 Å². The van der Waals surface area contributed by atoms with Gasteiger partial charge in [0, 0.05) is 0 Å². The van der Waals surface area contributed by atoms with E-state index in [2.05, 4.69) is 51.7 Å². The number of ether oxygens (including phenoxy) is 1. The van der Waals surface area contributed by atoms with Gasteiger partial charge in [0.15, 0.2) is 0 Å². The number of halogens is 1. The average Bonchev–Trinajstić information content (AvgIpc) is 2.77. The number of hydrogen-bond acceptors (Lipinski definition) is 3. The SMILES string of the molecule is CNC(c1csc(Br)c1)c1ccc(OC)c(C)c1. The molecule has 1 heterocycles. The van der Waals surface area contributed by atoms with Crippen molar-refractivity contribution in [1.82, 2.24) is 5.32 Å². The zero-order chi connectivity index (χ0) is 13.1. The molecule has 0 aliphatic carbocycles. The Morgan fingerprint density at radius 2 is 2.06 bits per heavy atom. The Morgan fingerprint density at radius 3 is 2.56 bits per heavy atom. The van der Waals surface area contributed by atoms with Crippen molar-refractivity contribution in [3.05, 3.63) is 50.1 Å². The zero-order valence-corrected chi connectivity index (χ0v) is 13.1. The zero-order valence-electron chi connectivity index (χ0n) is 10.7. The molecule has 96 valence electrons. The molecule has 0 aliphatic heterocycles. The second-order valence-corrected chi connectivity index (χ2v) is 6.43. The molecule has 0 spiro atoms. The lowest BCUT2D eigenvalue weighted by molar-refractivity contribution is 0.411. The Hall–Kier alpha value is -0.840. The standard InChI is InChI=1S/C14H16BrNOS/c1-9-6-10(4-5-12(9)17-3)14(16-2)11-7-13(15)18-8-11/h4-8,14,16H,1-3H3. The van der Waals surface area contributed by atoms with Crippen LogP contribution in [0.25, 0.3) is 0 Å². The molecule has 4 heteroatoms. The van der Waals surface area contributed by atoms with E-state index in [0.717, 1.165) is 15.1 Å². The molecule has 0 aliphatic rings. The molecule has 2 aromatic rings. The van der Waals surface area contributed by atoms with Crippen LogP contribution in [0.15, 0.2) is 33.4 Å². The molecule has 1 atom stereocenters. The van der Waals surface area contributed by atoms with Gasteiger partial charge in [-0.25, -0.2) is 0 Å². The Balaban J connectivity index is 2.36. The van der Waals surface area contributed by atoms with Crippen LogP contribution in [-0.4, -0.2) is 14.2 Å². The summed E-state index contributed by atoms with van der Waals surface area (Å²) in [4.78, 5) is 0. The van der Waals surface area contributed by atoms with Crippen molar-refractivity contribution in [3.8, 4) is 5.75 Å². The van der Waals surface area contributed by atoms with E-state index in [1.807, 2.05) is 13.1 Å². The fraction of sp³-hybridized carbons (Fsp3) is 0.286. The molecule has 0 saturated heterocycles. The van der Waals surface area contributed by atoms with Crippen molar-refractivity contribution in [2.24, 2.45) is 0 Å². The fourth-order valence-corrected chi connectivity index (χ4v) is 3.28. The average molecular weight is 326 g/mol. The molecule has 0 bridgehead atoms. The Kier molecular flexibility index (Phi) is 4.43. The number of nitrogens with one attached hydrogen (secondary N) is 1. The number of rotatable bonds is 4. The summed E-state index contributed by atoms with van der Waals surface area (Å²) in [7, 11) is 3.68. The van der Waals surface area contributed by atoms with E-state index in [1.165, 1.54) is 11.1 Å². The summed E-state index contributed by atoms with van der Waals surface area (Å²) >= 11 is 5.22. The Morgan fingerprint density at radius 1 is 1.28 bits per heavy atom. The second kappa shape index (κ2) is 5.87. The van der Waals surface area contributed by atoms with E-state index in [0.29, 0.717) is 0 Å². The molecule has 1 aromatic heterocycles. The van der Waals surface area contributed by atoms with Gasteiger partial charge in [0.2, 0.25) is 0 Å². The highest BCUT2D eigenvalue weighted by molar-refractivity contribution is 9.11. The largest absolute Gasteiger partial charge is 0.496 e. The van der Waals surface area contributed by atoms with Crippen molar-refractivity contribution in [2.45, 2.75) is 13.0 Å². The van der Waals surface area contributed by atoms with Crippen LogP contribution in [0.1, 0.15) is 22.7 Å². The van der Waals surface area contributed by atoms with Gasteiger partial charge in [-0.1, -0.05) is 12.1 Å². The number of thiophene rings is 1. The predicted molar refractivity (Wildman–Crippen MR) is 80.7 cm³/mol. The molecular formula is C14H16BrNOS. The van der Waals surface area contributed by atoms with Gasteiger partial charge in [0.05, 0.1) is 16.9 Å². The van der Waals surface area contributed by atoms with Crippen molar-refractivity contribution < 1.29 is 4.74 Å². The summed E-state index contributed by atoms with van der Waals surface area (Å²) in [6.07, 6.45) is 0. The Labute approximate surface area is 120 Å². The molecular weight excluding hydrogens is 310 g/mol. The van der Waals surface area contributed by atoms with Crippen LogP contribution in [0.4, 0.5) is 0 Å². The summed E-state index contributed by atoms with van der Waals surface area (Å²) < 4.78 is 6.45. The number of aryl methyl sites for hydroxylation is 1. The highest BCUT2D eigenvalue weighted by atomic mass is 79.9. The van der Waals surface area contributed by atoms with E-state index in [-0.39, 0.29) is 6.04 Å². The lowest BCUT2D eigenvalue weighted by Crippen LogP contribution is -2.17. The van der Waals surface area contributed by atoms with Crippen LogP contribution in [0.2, 0.25) is 0 Å². The van der Waals surface area contributed by atoms with Crippen molar-refractivity contribution >= 4 is 27.3 Å². The van der Waals surface area contributed by atoms with Crippen LogP contribution in [0, 0.1) is 6.92 Å². The predicted octanol–water partition coefficient (Wildman–Crippen LogP) is 4.14. The first-order valence-electron chi connectivity index (χ1n) is 5.71. The van der Waals surface area contributed by atoms with Crippen LogP contribution in [-0.2, 0) is 0 Å². The van der Waals surface area contributed by atoms with Crippen LogP contribution >= 0.6 is 27.3 Å². The van der Waals surface area contributed by atoms with Gasteiger partial charge in [0.1, 0.15) is 5.75 Å². The van der Waals surface area contributed by atoms with Gasteiger partial charge >= 0.3 is 0 Å². The highest BCUT2D eigenvalue weighted by Gasteiger charge is 2.14. The minimum Gasteiger partial charge on any atom is -0.496 e. The number of methoxy groups -OCH3 is 1. The third kappa shape index (κ3) is 2.76. The van der Waals surface area contributed by atoms with Crippen LogP contribution in [0.3, 0.4) is 0 Å². The summed E-state index contributed by atoms with van der Waals surface area (Å²) in [5.41, 5.74) is 3.68. The number of benzene rings is 1. The number of hydrogen-bond donors (Lipinski definition) is 1. The molecule has 1 unspecified atom stereocenters. The summed E-state index contributed by atoms with van der Waals surface area (Å²) in [6, 6.07) is 8.68. The molecule has 2 rings (SSSR count). The maximum atomic E-state index is 5.30. The first kappa shape index (κ1) is 13.6. The molecule has 0 radical (unpaired) electrons. The minimum absolute atomic E-state index is 0.220. The monoisotopic (exact) mass is 325 g/mol. The lowest BCUT2D eigenvalue weighted by atomic mass is 9.99. The van der Waals surface area contributed by atoms with Gasteiger partial charge in [-0.3, -0.25) is 0 Å². The van der Waals surface area contributed by atoms with Gasteiger partial charge < -0.3 is 10.1 Å². The van der Waals surface area contributed by atoms with Gasteiger partial charge in [0.25, 0.3) is 0 Å². The molecule has 18 heavy (non-hydrogen) atoms. The normalized spacial score (nSPS) is 12.4. The van der Waals surface area contributed by atoms with Gasteiger partial charge in [-0.15, -0.1) is 11.3 Å². The van der Waals surface area contributed by atoms with Crippen molar-refractivity contribution in [2.75, 3.05) is 14.2 Å².